The van der Waals surface area contributed by atoms with E-state index >= 15 is 0 Å². The predicted molar refractivity (Wildman–Crippen MR) is 243 cm³/mol. The molecule has 0 saturated carbocycles. The van der Waals surface area contributed by atoms with Crippen molar-refractivity contribution < 1.29 is 0 Å². The van der Waals surface area contributed by atoms with E-state index in [2.05, 4.69) is 220 Å². The molecule has 55 heavy (non-hydrogen) atoms. The summed E-state index contributed by atoms with van der Waals surface area (Å²) in [6.45, 7) is 28.8. The van der Waals surface area contributed by atoms with E-state index in [1.165, 1.54) is 55.2 Å². The van der Waals surface area contributed by atoms with Crippen molar-refractivity contribution in [2.45, 2.75) is 99.3 Å². The van der Waals surface area contributed by atoms with Crippen LogP contribution < -0.4 is 9.80 Å². The third-order valence-electron chi connectivity index (χ3n) is 11.2. The summed E-state index contributed by atoms with van der Waals surface area (Å²) < 4.78 is 0. The van der Waals surface area contributed by atoms with Crippen molar-refractivity contribution in [3.8, 4) is 0 Å². The highest BCUT2D eigenvalue weighted by atomic mass is 15.2. The largest absolute Gasteiger partial charge is 0.313 e. The molecule has 282 valence electrons. The summed E-state index contributed by atoms with van der Waals surface area (Å²) >= 11 is 0. The van der Waals surface area contributed by atoms with Gasteiger partial charge in [-0.1, -0.05) is 158 Å². The van der Waals surface area contributed by atoms with Crippen molar-refractivity contribution in [2.24, 2.45) is 0 Å². The lowest BCUT2D eigenvalue weighted by atomic mass is 9.86. The molecule has 0 heterocycles. The maximum atomic E-state index is 4.03. The van der Waals surface area contributed by atoms with Crippen LogP contribution in [0.4, 0.5) is 28.4 Å². The van der Waals surface area contributed by atoms with Gasteiger partial charge in [-0.2, -0.15) is 0 Å². The number of fused-ring (bicyclic) bond motifs is 2. The second-order valence-corrected chi connectivity index (χ2v) is 17.4. The highest BCUT2D eigenvalue weighted by Crippen LogP contribution is 2.51. The minimum atomic E-state index is 0.0504. The summed E-state index contributed by atoms with van der Waals surface area (Å²) in [4.78, 5) is 4.95. The van der Waals surface area contributed by atoms with Crippen LogP contribution in [0.5, 0.6) is 0 Å². The molecule has 0 radical (unpaired) electrons. The van der Waals surface area contributed by atoms with Crippen LogP contribution in [0.1, 0.15) is 104 Å². The second kappa shape index (κ2) is 15.8. The molecule has 6 aromatic carbocycles. The van der Waals surface area contributed by atoms with Gasteiger partial charge in [0, 0.05) is 44.3 Å². The van der Waals surface area contributed by atoms with Crippen LogP contribution in [0.25, 0.3) is 21.5 Å². The molecule has 0 spiro atoms. The minimum Gasteiger partial charge on any atom is -0.313 e. The molecule has 0 aromatic heterocycles. The van der Waals surface area contributed by atoms with E-state index in [0.717, 1.165) is 34.8 Å². The van der Waals surface area contributed by atoms with Gasteiger partial charge in [-0.15, -0.1) is 0 Å². The van der Waals surface area contributed by atoms with Crippen molar-refractivity contribution in [1.82, 2.24) is 0 Å². The van der Waals surface area contributed by atoms with Crippen LogP contribution in [0.3, 0.4) is 0 Å². The minimum absolute atomic E-state index is 0.0504. The van der Waals surface area contributed by atoms with E-state index < -0.39 is 0 Å². The van der Waals surface area contributed by atoms with Gasteiger partial charge in [-0.3, -0.25) is 0 Å². The Morgan fingerprint density at radius 3 is 1.62 bits per heavy atom. The lowest BCUT2D eigenvalue weighted by Crippen LogP contribution is -2.18. The quantitative estimate of drug-likeness (QED) is 0.0788. The van der Waals surface area contributed by atoms with Crippen molar-refractivity contribution >= 4 is 50.0 Å². The molecule has 0 bridgehead atoms. The molecule has 0 aliphatic rings. The molecule has 0 N–H and O–H groups in total. The monoisotopic (exact) mass is 724 g/mol. The number of aryl methyl sites for hydroxylation is 1. The molecule has 2 nitrogen and oxygen atoms in total. The van der Waals surface area contributed by atoms with E-state index in [9.17, 15) is 0 Å². The fourth-order valence-corrected chi connectivity index (χ4v) is 7.40. The first-order valence-electron chi connectivity index (χ1n) is 20.0. The first kappa shape index (κ1) is 39.4. The van der Waals surface area contributed by atoms with Crippen LogP contribution in [-0.4, -0.2) is 0 Å². The van der Waals surface area contributed by atoms with Crippen LogP contribution >= 0.6 is 0 Å². The summed E-state index contributed by atoms with van der Waals surface area (Å²) in [7, 11) is 0. The number of hydrogen-bond acceptors (Lipinski definition) is 2. The molecular weight excluding hydrogens is 665 g/mol. The lowest BCUT2D eigenvalue weighted by Gasteiger charge is -2.34. The first-order valence-corrected chi connectivity index (χ1v) is 20.0. The molecule has 0 aliphatic carbocycles. The van der Waals surface area contributed by atoms with Crippen LogP contribution in [0.2, 0.25) is 0 Å². The van der Waals surface area contributed by atoms with Gasteiger partial charge >= 0.3 is 0 Å². The van der Waals surface area contributed by atoms with Gasteiger partial charge < -0.3 is 9.80 Å². The molecule has 2 heteroatoms. The zero-order valence-corrected chi connectivity index (χ0v) is 35.1. The Morgan fingerprint density at radius 1 is 0.618 bits per heavy atom. The van der Waals surface area contributed by atoms with Crippen molar-refractivity contribution in [2.75, 3.05) is 9.80 Å². The maximum absolute atomic E-state index is 4.03. The smallest absolute Gasteiger partial charge is 0.0619 e. The van der Waals surface area contributed by atoms with Crippen molar-refractivity contribution in [1.29, 1.82) is 0 Å². The lowest BCUT2D eigenvalue weighted by molar-refractivity contribution is 0.590. The average molecular weight is 725 g/mol. The Morgan fingerprint density at radius 2 is 1.11 bits per heavy atom. The summed E-state index contributed by atoms with van der Waals surface area (Å²) in [5, 5.41) is 4.84. The van der Waals surface area contributed by atoms with E-state index in [1.54, 1.807) is 0 Å². The fraction of sp³-hybridized carbons (Fsp3) is 0.283. The van der Waals surface area contributed by atoms with Crippen LogP contribution in [-0.2, 0) is 10.8 Å². The maximum Gasteiger partial charge on any atom is 0.0619 e. The van der Waals surface area contributed by atoms with Crippen molar-refractivity contribution in [3.05, 3.63) is 174 Å². The van der Waals surface area contributed by atoms with E-state index in [0.29, 0.717) is 5.92 Å². The van der Waals surface area contributed by atoms with Gasteiger partial charge in [0.25, 0.3) is 0 Å². The SMILES string of the molecule is C=C/C(C)=C\C=C(/C)N(c1ccc(C(C)(C)C)cc1)c1c2ccccc2c(N(c2ccc(C)cc2)c2ccc(C(C)(C)C)cc2)c2ccc(C(C)CC)cc12. The second-order valence-electron chi connectivity index (χ2n) is 17.4. The number of rotatable bonds is 10. The van der Waals surface area contributed by atoms with Crippen LogP contribution in [0, 0.1) is 6.92 Å². The van der Waals surface area contributed by atoms with Crippen molar-refractivity contribution in [3.63, 3.8) is 0 Å². The highest BCUT2D eigenvalue weighted by Gasteiger charge is 2.27. The van der Waals surface area contributed by atoms with E-state index in [4.69, 9.17) is 0 Å². The molecule has 6 rings (SSSR count). The Balaban J connectivity index is 1.77. The third kappa shape index (κ3) is 8.20. The number of benzene rings is 6. The van der Waals surface area contributed by atoms with Gasteiger partial charge in [0.15, 0.2) is 0 Å². The first-order chi connectivity index (χ1) is 26.1. The third-order valence-corrected chi connectivity index (χ3v) is 11.2. The topological polar surface area (TPSA) is 6.48 Å². The number of allylic oxidation sites excluding steroid dienone is 5. The van der Waals surface area contributed by atoms with Gasteiger partial charge in [0.1, 0.15) is 0 Å². The number of anilines is 5. The molecule has 1 unspecified atom stereocenters. The standard InChI is InChI=1S/C53H60N2/c1-13-36(3)19-22-39(6)54(43-30-24-41(25-31-43)52(7,8)9)51-47-18-16-15-17-46(47)50(48-34-23-40(35-49(48)51)38(5)14-2)55(44-28-20-37(4)21-29-44)45-32-26-42(27-33-45)53(10,11)12/h13,15-35,38H,1,14H2,2-12H3/b36-19-,39-22+. The van der Waals surface area contributed by atoms with Gasteiger partial charge in [-0.25, -0.2) is 0 Å². The van der Waals surface area contributed by atoms with Gasteiger partial charge in [0.05, 0.1) is 11.4 Å². The Kier molecular flexibility index (Phi) is 11.3. The normalized spacial score (nSPS) is 13.3. The summed E-state index contributed by atoms with van der Waals surface area (Å²) in [6.07, 6.45) is 7.39. The Hall–Kier alpha value is -5.34. The Labute approximate surface area is 331 Å². The molecular formula is C53H60N2. The molecule has 0 fully saturated rings. The number of hydrogen-bond donors (Lipinski definition) is 0. The summed E-state index contributed by atoms with van der Waals surface area (Å²) in [5.41, 5.74) is 13.4. The van der Waals surface area contributed by atoms with Gasteiger partial charge in [0.2, 0.25) is 0 Å². The molecule has 0 aliphatic heterocycles. The van der Waals surface area contributed by atoms with Gasteiger partial charge in [-0.05, 0) is 109 Å². The molecule has 6 aromatic rings. The fourth-order valence-electron chi connectivity index (χ4n) is 7.40. The highest BCUT2D eigenvalue weighted by molar-refractivity contribution is 6.23. The summed E-state index contributed by atoms with van der Waals surface area (Å²) in [5.74, 6) is 0.416. The summed E-state index contributed by atoms with van der Waals surface area (Å²) in [6, 6.07) is 43.6. The molecule has 0 saturated heterocycles. The van der Waals surface area contributed by atoms with E-state index in [1.807, 2.05) is 6.08 Å². The zero-order chi connectivity index (χ0) is 39.7. The van der Waals surface area contributed by atoms with E-state index in [-0.39, 0.29) is 10.8 Å². The Bertz CT molecular complexity index is 2360. The van der Waals surface area contributed by atoms with Crippen LogP contribution in [0.15, 0.2) is 151 Å². The zero-order valence-electron chi connectivity index (χ0n) is 35.1. The molecule has 1 atom stereocenters. The molecule has 0 amide bonds. The average Bonchev–Trinajstić information content (AvgIpc) is 3.17. The number of nitrogens with zero attached hydrogens (tertiary/aromatic N) is 2. The predicted octanol–water partition coefficient (Wildman–Crippen LogP) is 16.1.